The molecular formula is C12H20N2O2S. The largest absolute Gasteiger partial charge is 0.330 e. The molecule has 96 valence electrons. The van der Waals surface area contributed by atoms with Crippen LogP contribution in [0.2, 0.25) is 0 Å². The van der Waals surface area contributed by atoms with E-state index in [0.29, 0.717) is 31.0 Å². The van der Waals surface area contributed by atoms with Gasteiger partial charge in [0, 0.05) is 13.1 Å². The van der Waals surface area contributed by atoms with Gasteiger partial charge in [-0.2, -0.15) is 4.31 Å². The summed E-state index contributed by atoms with van der Waals surface area (Å²) < 4.78 is 26.2. The summed E-state index contributed by atoms with van der Waals surface area (Å²) in [4.78, 5) is 0.388. The summed E-state index contributed by atoms with van der Waals surface area (Å²) in [6.45, 7) is 5.09. The molecule has 5 heteroatoms. The van der Waals surface area contributed by atoms with E-state index in [1.807, 2.05) is 26.0 Å². The van der Waals surface area contributed by atoms with Crippen molar-refractivity contribution in [1.82, 2.24) is 4.31 Å². The Morgan fingerprint density at radius 3 is 2.47 bits per heavy atom. The van der Waals surface area contributed by atoms with Gasteiger partial charge in [0.25, 0.3) is 0 Å². The summed E-state index contributed by atoms with van der Waals surface area (Å²) in [5, 5.41) is 0. The maximum Gasteiger partial charge on any atom is 0.243 e. The Bertz CT molecular complexity index is 457. The van der Waals surface area contributed by atoms with Crippen LogP contribution >= 0.6 is 0 Å². The second-order valence-corrected chi connectivity index (χ2v) is 5.81. The van der Waals surface area contributed by atoms with E-state index in [2.05, 4.69) is 0 Å². The van der Waals surface area contributed by atoms with Crippen LogP contribution in [0.25, 0.3) is 0 Å². The zero-order chi connectivity index (χ0) is 12.9. The fourth-order valence-electron chi connectivity index (χ4n) is 1.70. The zero-order valence-corrected chi connectivity index (χ0v) is 11.2. The number of rotatable bonds is 6. The first-order valence-electron chi connectivity index (χ1n) is 5.80. The number of hydrogen-bond donors (Lipinski definition) is 1. The highest BCUT2D eigenvalue weighted by Crippen LogP contribution is 2.19. The van der Waals surface area contributed by atoms with Crippen LogP contribution in [0.15, 0.2) is 29.2 Å². The molecule has 0 saturated heterocycles. The molecule has 1 aromatic rings. The fraction of sp³-hybridized carbons (Fsp3) is 0.500. The Morgan fingerprint density at radius 1 is 1.29 bits per heavy atom. The predicted octanol–water partition coefficient (Wildman–Crippen LogP) is 1.35. The van der Waals surface area contributed by atoms with Gasteiger partial charge in [-0.25, -0.2) is 8.42 Å². The van der Waals surface area contributed by atoms with Crippen molar-refractivity contribution in [3.8, 4) is 0 Å². The van der Waals surface area contributed by atoms with Gasteiger partial charge in [-0.3, -0.25) is 0 Å². The van der Waals surface area contributed by atoms with Crippen molar-refractivity contribution in [3.63, 3.8) is 0 Å². The van der Waals surface area contributed by atoms with Gasteiger partial charge in [-0.15, -0.1) is 0 Å². The third-order valence-electron chi connectivity index (χ3n) is 2.68. The molecule has 0 bridgehead atoms. The zero-order valence-electron chi connectivity index (χ0n) is 10.4. The van der Waals surface area contributed by atoms with E-state index >= 15 is 0 Å². The van der Waals surface area contributed by atoms with E-state index in [9.17, 15) is 8.42 Å². The summed E-state index contributed by atoms with van der Waals surface area (Å²) in [6.07, 6.45) is 0.680. The maximum atomic E-state index is 12.4. The number of sulfonamides is 1. The molecule has 0 radical (unpaired) electrons. The van der Waals surface area contributed by atoms with Crippen molar-refractivity contribution < 1.29 is 8.42 Å². The molecule has 17 heavy (non-hydrogen) atoms. The average molecular weight is 256 g/mol. The minimum Gasteiger partial charge on any atom is -0.330 e. The molecule has 0 aliphatic heterocycles. The van der Waals surface area contributed by atoms with Crippen LogP contribution in [0.4, 0.5) is 0 Å². The minimum absolute atomic E-state index is 0.388. The lowest BCUT2D eigenvalue weighted by atomic mass is 10.2. The lowest BCUT2D eigenvalue weighted by Crippen LogP contribution is -2.33. The highest BCUT2D eigenvalue weighted by molar-refractivity contribution is 7.89. The van der Waals surface area contributed by atoms with E-state index < -0.39 is 10.0 Å². The molecule has 0 amide bonds. The van der Waals surface area contributed by atoms with Crippen LogP contribution in [-0.4, -0.2) is 32.4 Å². The monoisotopic (exact) mass is 256 g/mol. The topological polar surface area (TPSA) is 63.4 Å². The lowest BCUT2D eigenvalue weighted by molar-refractivity contribution is 0.422. The Balaban J connectivity index is 3.05. The van der Waals surface area contributed by atoms with Crippen molar-refractivity contribution >= 4 is 10.0 Å². The van der Waals surface area contributed by atoms with Gasteiger partial charge in [0.1, 0.15) is 0 Å². The first kappa shape index (κ1) is 14.2. The van der Waals surface area contributed by atoms with E-state index in [0.717, 1.165) is 5.56 Å². The van der Waals surface area contributed by atoms with Gasteiger partial charge in [0.2, 0.25) is 10.0 Å². The summed E-state index contributed by atoms with van der Waals surface area (Å²) in [5.74, 6) is 0. The van der Waals surface area contributed by atoms with Gasteiger partial charge >= 0.3 is 0 Å². The van der Waals surface area contributed by atoms with Crippen LogP contribution in [0.1, 0.15) is 18.9 Å². The summed E-state index contributed by atoms with van der Waals surface area (Å²) >= 11 is 0. The smallest absolute Gasteiger partial charge is 0.243 e. The highest BCUT2D eigenvalue weighted by atomic mass is 32.2. The van der Waals surface area contributed by atoms with E-state index in [1.165, 1.54) is 4.31 Å². The molecule has 1 rings (SSSR count). The molecule has 1 aromatic carbocycles. The average Bonchev–Trinajstić information content (AvgIpc) is 2.30. The molecular weight excluding hydrogens is 236 g/mol. The molecule has 0 spiro atoms. The van der Waals surface area contributed by atoms with Crippen LogP contribution < -0.4 is 5.73 Å². The Morgan fingerprint density at radius 2 is 1.94 bits per heavy atom. The first-order chi connectivity index (χ1) is 8.04. The quantitative estimate of drug-likeness (QED) is 0.835. The second-order valence-electron chi connectivity index (χ2n) is 3.90. The summed E-state index contributed by atoms with van der Waals surface area (Å²) in [5.41, 5.74) is 6.20. The van der Waals surface area contributed by atoms with Crippen LogP contribution in [0.3, 0.4) is 0 Å². The van der Waals surface area contributed by atoms with Crippen LogP contribution in [0.5, 0.6) is 0 Å². The normalized spacial score (nSPS) is 12.0. The third-order valence-corrected chi connectivity index (χ3v) is 4.81. The fourth-order valence-corrected chi connectivity index (χ4v) is 3.41. The molecule has 0 saturated carbocycles. The maximum absolute atomic E-state index is 12.4. The number of benzene rings is 1. The molecule has 0 fully saturated rings. The van der Waals surface area contributed by atoms with Gasteiger partial charge in [0.05, 0.1) is 4.90 Å². The molecule has 0 heterocycles. The SMILES string of the molecule is CCN(CCCN)S(=O)(=O)c1ccccc1C. The molecule has 0 aliphatic rings. The molecule has 4 nitrogen and oxygen atoms in total. The number of nitrogens with two attached hydrogens (primary N) is 1. The highest BCUT2D eigenvalue weighted by Gasteiger charge is 2.23. The Hall–Kier alpha value is -0.910. The minimum atomic E-state index is -3.38. The number of hydrogen-bond acceptors (Lipinski definition) is 3. The van der Waals surface area contributed by atoms with Crippen molar-refractivity contribution in [2.75, 3.05) is 19.6 Å². The Labute approximate surface area is 103 Å². The van der Waals surface area contributed by atoms with E-state index in [4.69, 9.17) is 5.73 Å². The summed E-state index contributed by atoms with van der Waals surface area (Å²) in [7, 11) is -3.38. The number of aryl methyl sites for hydroxylation is 1. The lowest BCUT2D eigenvalue weighted by Gasteiger charge is -2.21. The molecule has 0 aliphatic carbocycles. The van der Waals surface area contributed by atoms with Crippen LogP contribution in [-0.2, 0) is 10.0 Å². The van der Waals surface area contributed by atoms with Crippen molar-refractivity contribution in [2.24, 2.45) is 5.73 Å². The second kappa shape index (κ2) is 6.14. The van der Waals surface area contributed by atoms with Gasteiger partial charge in [-0.1, -0.05) is 25.1 Å². The van der Waals surface area contributed by atoms with Crippen molar-refractivity contribution in [2.45, 2.75) is 25.2 Å². The summed E-state index contributed by atoms with van der Waals surface area (Å²) in [6, 6.07) is 7.04. The molecule has 2 N–H and O–H groups in total. The van der Waals surface area contributed by atoms with Crippen molar-refractivity contribution in [1.29, 1.82) is 0 Å². The van der Waals surface area contributed by atoms with E-state index in [-0.39, 0.29) is 0 Å². The standard InChI is InChI=1S/C12H20N2O2S/c1-3-14(10-6-9-13)17(15,16)12-8-5-4-7-11(12)2/h4-5,7-8H,3,6,9-10,13H2,1-2H3. The van der Waals surface area contributed by atoms with Gasteiger partial charge < -0.3 is 5.73 Å². The molecule has 0 atom stereocenters. The predicted molar refractivity (Wildman–Crippen MR) is 69.3 cm³/mol. The molecule has 0 aromatic heterocycles. The third kappa shape index (κ3) is 3.28. The van der Waals surface area contributed by atoms with Crippen molar-refractivity contribution in [3.05, 3.63) is 29.8 Å². The number of nitrogens with zero attached hydrogens (tertiary/aromatic N) is 1. The molecule has 0 unspecified atom stereocenters. The Kier molecular flexibility index (Phi) is 5.11. The van der Waals surface area contributed by atoms with E-state index in [1.54, 1.807) is 12.1 Å². The first-order valence-corrected chi connectivity index (χ1v) is 7.24. The van der Waals surface area contributed by atoms with Gasteiger partial charge in [0.15, 0.2) is 0 Å². The van der Waals surface area contributed by atoms with Crippen LogP contribution in [0, 0.1) is 6.92 Å². The van der Waals surface area contributed by atoms with Gasteiger partial charge in [-0.05, 0) is 31.5 Å².